The summed E-state index contributed by atoms with van der Waals surface area (Å²) in [5, 5.41) is 13.6. The SMILES string of the molecule is CCn1nc(C)cc1C(=O)N1CCc2c(cccc2C(=O)O)C1. The summed E-state index contributed by atoms with van der Waals surface area (Å²) in [7, 11) is 0. The Labute approximate surface area is 134 Å². The Kier molecular flexibility index (Phi) is 3.90. The number of hydrogen-bond donors (Lipinski definition) is 1. The molecule has 1 aromatic carbocycles. The molecule has 1 aliphatic rings. The number of nitrogens with zero attached hydrogens (tertiary/aromatic N) is 3. The average molecular weight is 313 g/mol. The molecular weight excluding hydrogens is 294 g/mol. The molecule has 0 aliphatic carbocycles. The van der Waals surface area contributed by atoms with Crippen LogP contribution in [-0.4, -0.2) is 38.2 Å². The molecule has 0 fully saturated rings. The molecule has 120 valence electrons. The topological polar surface area (TPSA) is 75.4 Å². The molecule has 23 heavy (non-hydrogen) atoms. The van der Waals surface area contributed by atoms with Gasteiger partial charge in [-0.2, -0.15) is 5.10 Å². The van der Waals surface area contributed by atoms with Crippen LogP contribution < -0.4 is 0 Å². The highest BCUT2D eigenvalue weighted by Gasteiger charge is 2.26. The number of carboxylic acids is 1. The Balaban J connectivity index is 1.89. The van der Waals surface area contributed by atoms with Gasteiger partial charge in [-0.3, -0.25) is 9.48 Å². The molecule has 1 amide bonds. The summed E-state index contributed by atoms with van der Waals surface area (Å²) in [6.07, 6.45) is 0.558. The van der Waals surface area contributed by atoms with Crippen LogP contribution in [0.15, 0.2) is 24.3 Å². The Morgan fingerprint density at radius 2 is 2.13 bits per heavy atom. The minimum absolute atomic E-state index is 0.0566. The normalized spacial score (nSPS) is 13.7. The Bertz CT molecular complexity index is 779. The van der Waals surface area contributed by atoms with E-state index in [4.69, 9.17) is 0 Å². The molecule has 0 spiro atoms. The number of aromatic nitrogens is 2. The number of carbonyl (C=O) groups excluding carboxylic acids is 1. The smallest absolute Gasteiger partial charge is 0.335 e. The molecule has 6 nitrogen and oxygen atoms in total. The van der Waals surface area contributed by atoms with Crippen molar-refractivity contribution in [1.82, 2.24) is 14.7 Å². The molecular formula is C17H19N3O3. The number of carbonyl (C=O) groups is 2. The summed E-state index contributed by atoms with van der Waals surface area (Å²) in [4.78, 5) is 25.8. The van der Waals surface area contributed by atoms with E-state index in [-0.39, 0.29) is 5.91 Å². The van der Waals surface area contributed by atoms with Crippen LogP contribution in [0.25, 0.3) is 0 Å². The van der Waals surface area contributed by atoms with Crippen molar-refractivity contribution in [2.24, 2.45) is 0 Å². The molecule has 3 rings (SSSR count). The fraction of sp³-hybridized carbons (Fsp3) is 0.353. The molecule has 1 aromatic heterocycles. The fourth-order valence-corrected chi connectivity index (χ4v) is 3.10. The second kappa shape index (κ2) is 5.87. The number of aromatic carboxylic acids is 1. The van der Waals surface area contributed by atoms with Gasteiger partial charge in [0.15, 0.2) is 0 Å². The maximum absolute atomic E-state index is 12.8. The molecule has 2 heterocycles. The molecule has 0 atom stereocenters. The van der Waals surface area contributed by atoms with E-state index in [2.05, 4.69) is 5.10 Å². The van der Waals surface area contributed by atoms with E-state index in [1.807, 2.05) is 19.9 Å². The number of benzene rings is 1. The van der Waals surface area contributed by atoms with Gasteiger partial charge in [-0.15, -0.1) is 0 Å². The number of fused-ring (bicyclic) bond motifs is 1. The van der Waals surface area contributed by atoms with E-state index in [0.717, 1.165) is 16.8 Å². The minimum atomic E-state index is -0.915. The third-order valence-corrected chi connectivity index (χ3v) is 4.20. The highest BCUT2D eigenvalue weighted by Crippen LogP contribution is 2.24. The van der Waals surface area contributed by atoms with Crippen LogP contribution in [0.4, 0.5) is 0 Å². The first-order valence-corrected chi connectivity index (χ1v) is 7.69. The lowest BCUT2D eigenvalue weighted by Crippen LogP contribution is -2.37. The lowest BCUT2D eigenvalue weighted by Gasteiger charge is -2.29. The van der Waals surface area contributed by atoms with Crippen LogP contribution in [0.3, 0.4) is 0 Å². The maximum atomic E-state index is 12.8. The summed E-state index contributed by atoms with van der Waals surface area (Å²) in [5.41, 5.74) is 3.49. The van der Waals surface area contributed by atoms with Crippen molar-refractivity contribution in [3.63, 3.8) is 0 Å². The largest absolute Gasteiger partial charge is 0.478 e. The molecule has 0 bridgehead atoms. The van der Waals surface area contributed by atoms with E-state index in [1.165, 1.54) is 0 Å². The summed E-state index contributed by atoms with van der Waals surface area (Å²) in [6, 6.07) is 7.05. The van der Waals surface area contributed by atoms with Gasteiger partial charge in [0.1, 0.15) is 5.69 Å². The third kappa shape index (κ3) is 2.72. The first kappa shape index (κ1) is 15.3. The number of aryl methyl sites for hydroxylation is 2. The first-order valence-electron chi connectivity index (χ1n) is 7.69. The average Bonchev–Trinajstić information content (AvgIpc) is 2.93. The monoisotopic (exact) mass is 313 g/mol. The van der Waals surface area contributed by atoms with Crippen molar-refractivity contribution in [2.75, 3.05) is 6.54 Å². The van der Waals surface area contributed by atoms with Crippen LogP contribution in [0.5, 0.6) is 0 Å². The van der Waals surface area contributed by atoms with Gasteiger partial charge >= 0.3 is 5.97 Å². The van der Waals surface area contributed by atoms with Gasteiger partial charge in [0, 0.05) is 19.6 Å². The second-order valence-corrected chi connectivity index (χ2v) is 5.71. The van der Waals surface area contributed by atoms with Gasteiger partial charge in [-0.05, 0) is 43.5 Å². The molecule has 0 saturated carbocycles. The van der Waals surface area contributed by atoms with Crippen molar-refractivity contribution in [3.05, 3.63) is 52.3 Å². The van der Waals surface area contributed by atoms with E-state index < -0.39 is 5.97 Å². The summed E-state index contributed by atoms with van der Waals surface area (Å²) in [6.45, 7) is 5.41. The third-order valence-electron chi connectivity index (χ3n) is 4.20. The van der Waals surface area contributed by atoms with Crippen molar-refractivity contribution in [2.45, 2.75) is 33.4 Å². The molecule has 0 saturated heterocycles. The van der Waals surface area contributed by atoms with Gasteiger partial charge in [0.25, 0.3) is 5.91 Å². The van der Waals surface area contributed by atoms with Gasteiger partial charge in [0.05, 0.1) is 11.3 Å². The van der Waals surface area contributed by atoms with E-state index in [9.17, 15) is 14.7 Å². The van der Waals surface area contributed by atoms with Crippen molar-refractivity contribution >= 4 is 11.9 Å². The summed E-state index contributed by atoms with van der Waals surface area (Å²) >= 11 is 0. The number of hydrogen-bond acceptors (Lipinski definition) is 3. The predicted octanol–water partition coefficient (Wildman–Crippen LogP) is 2.11. The van der Waals surface area contributed by atoms with Crippen molar-refractivity contribution in [3.8, 4) is 0 Å². The van der Waals surface area contributed by atoms with Gasteiger partial charge in [-0.25, -0.2) is 4.79 Å². The van der Waals surface area contributed by atoms with Crippen LogP contribution in [-0.2, 0) is 19.5 Å². The molecule has 1 N–H and O–H groups in total. The van der Waals surface area contributed by atoms with Gasteiger partial charge in [-0.1, -0.05) is 12.1 Å². The van der Waals surface area contributed by atoms with Crippen LogP contribution in [0.1, 0.15) is 44.6 Å². The van der Waals surface area contributed by atoms with Crippen molar-refractivity contribution in [1.29, 1.82) is 0 Å². The Morgan fingerprint density at radius 1 is 1.35 bits per heavy atom. The van der Waals surface area contributed by atoms with Crippen LogP contribution in [0, 0.1) is 6.92 Å². The molecule has 0 unspecified atom stereocenters. The zero-order valence-electron chi connectivity index (χ0n) is 13.2. The highest BCUT2D eigenvalue weighted by molar-refractivity contribution is 5.93. The predicted molar refractivity (Wildman–Crippen MR) is 84.5 cm³/mol. The summed E-state index contributed by atoms with van der Waals surface area (Å²) < 4.78 is 1.71. The standard InChI is InChI=1S/C17H19N3O3/c1-3-20-15(9-11(2)18-20)16(21)19-8-7-13-12(10-19)5-4-6-14(13)17(22)23/h4-6,9H,3,7-8,10H2,1-2H3,(H,22,23). The fourth-order valence-electron chi connectivity index (χ4n) is 3.10. The van der Waals surface area contributed by atoms with Crippen LogP contribution in [0.2, 0.25) is 0 Å². The summed E-state index contributed by atoms with van der Waals surface area (Å²) in [5.74, 6) is -0.972. The molecule has 1 aliphatic heterocycles. The van der Waals surface area contributed by atoms with Gasteiger partial charge in [0.2, 0.25) is 0 Å². The molecule has 6 heteroatoms. The highest BCUT2D eigenvalue weighted by atomic mass is 16.4. The van der Waals surface area contributed by atoms with Gasteiger partial charge < -0.3 is 10.0 Å². The van der Waals surface area contributed by atoms with Crippen molar-refractivity contribution < 1.29 is 14.7 Å². The first-order chi connectivity index (χ1) is 11.0. The lowest BCUT2D eigenvalue weighted by molar-refractivity contribution is 0.0693. The van der Waals surface area contributed by atoms with E-state index in [0.29, 0.717) is 37.3 Å². The number of carboxylic acid groups (broad SMARTS) is 1. The Morgan fingerprint density at radius 3 is 2.83 bits per heavy atom. The zero-order valence-corrected chi connectivity index (χ0v) is 13.2. The molecule has 2 aromatic rings. The van der Waals surface area contributed by atoms with Crippen LogP contribution >= 0.6 is 0 Å². The number of amides is 1. The second-order valence-electron chi connectivity index (χ2n) is 5.71. The zero-order chi connectivity index (χ0) is 16.6. The number of rotatable bonds is 3. The quantitative estimate of drug-likeness (QED) is 0.941. The Hall–Kier alpha value is -2.63. The maximum Gasteiger partial charge on any atom is 0.335 e. The van der Waals surface area contributed by atoms with E-state index >= 15 is 0 Å². The van der Waals surface area contributed by atoms with E-state index in [1.54, 1.807) is 27.8 Å². The lowest BCUT2D eigenvalue weighted by atomic mass is 9.94. The molecule has 0 radical (unpaired) electrons. The minimum Gasteiger partial charge on any atom is -0.478 e.